The lowest BCUT2D eigenvalue weighted by atomic mass is 9.91. The van der Waals surface area contributed by atoms with E-state index in [0.717, 1.165) is 13.2 Å². The first-order valence-corrected chi connectivity index (χ1v) is 7.06. The first-order valence-electron chi connectivity index (χ1n) is 7.06. The van der Waals surface area contributed by atoms with Crippen LogP contribution in [0.4, 0.5) is 0 Å². The molecule has 3 rings (SSSR count). The van der Waals surface area contributed by atoms with Crippen LogP contribution in [0.25, 0.3) is 0 Å². The SMILES string of the molecule is CC1(C)CCC(NC2COCc3ccccc32)C1. The average molecular weight is 245 g/mol. The molecule has 1 N–H and O–H groups in total. The van der Waals surface area contributed by atoms with Crippen molar-refractivity contribution in [2.24, 2.45) is 5.41 Å². The second-order valence-corrected chi connectivity index (χ2v) is 6.54. The van der Waals surface area contributed by atoms with Crippen LogP contribution < -0.4 is 5.32 Å². The summed E-state index contributed by atoms with van der Waals surface area (Å²) in [4.78, 5) is 0. The van der Waals surface area contributed by atoms with Crippen LogP contribution in [0.5, 0.6) is 0 Å². The van der Waals surface area contributed by atoms with Gasteiger partial charge in [0.15, 0.2) is 0 Å². The summed E-state index contributed by atoms with van der Waals surface area (Å²) in [7, 11) is 0. The van der Waals surface area contributed by atoms with E-state index in [2.05, 4.69) is 43.4 Å². The molecule has 2 unspecified atom stereocenters. The standard InChI is InChI=1S/C16H23NO/c1-16(2)8-7-13(9-16)17-15-11-18-10-12-5-3-4-6-14(12)15/h3-6,13,15,17H,7-11H2,1-2H3. The third-order valence-corrected chi connectivity index (χ3v) is 4.38. The minimum absolute atomic E-state index is 0.383. The third-order valence-electron chi connectivity index (χ3n) is 4.38. The van der Waals surface area contributed by atoms with Crippen molar-refractivity contribution in [3.8, 4) is 0 Å². The van der Waals surface area contributed by atoms with Gasteiger partial charge in [-0.1, -0.05) is 38.1 Å². The van der Waals surface area contributed by atoms with Gasteiger partial charge in [0.2, 0.25) is 0 Å². The Labute approximate surface area is 110 Å². The Balaban J connectivity index is 1.71. The monoisotopic (exact) mass is 245 g/mol. The van der Waals surface area contributed by atoms with Gasteiger partial charge in [0, 0.05) is 6.04 Å². The van der Waals surface area contributed by atoms with Gasteiger partial charge in [0.25, 0.3) is 0 Å². The number of benzene rings is 1. The van der Waals surface area contributed by atoms with Crippen LogP contribution in [0.15, 0.2) is 24.3 Å². The average Bonchev–Trinajstić information content (AvgIpc) is 2.69. The van der Waals surface area contributed by atoms with E-state index in [9.17, 15) is 0 Å². The quantitative estimate of drug-likeness (QED) is 0.862. The van der Waals surface area contributed by atoms with Crippen LogP contribution in [0, 0.1) is 5.41 Å². The highest BCUT2D eigenvalue weighted by molar-refractivity contribution is 5.31. The van der Waals surface area contributed by atoms with E-state index in [1.807, 2.05) is 0 Å². The fourth-order valence-electron chi connectivity index (χ4n) is 3.38. The number of ether oxygens (including phenoxy) is 1. The predicted octanol–water partition coefficient (Wildman–Crippen LogP) is 3.43. The lowest BCUT2D eigenvalue weighted by molar-refractivity contribution is 0.0781. The van der Waals surface area contributed by atoms with Crippen LogP contribution in [0.1, 0.15) is 50.3 Å². The molecule has 98 valence electrons. The van der Waals surface area contributed by atoms with Gasteiger partial charge in [-0.05, 0) is 35.8 Å². The lowest BCUT2D eigenvalue weighted by Crippen LogP contribution is -2.36. The Bertz CT molecular complexity index is 427. The molecule has 2 nitrogen and oxygen atoms in total. The summed E-state index contributed by atoms with van der Waals surface area (Å²) in [5.41, 5.74) is 3.29. The van der Waals surface area contributed by atoms with Crippen molar-refractivity contribution in [1.82, 2.24) is 5.32 Å². The summed E-state index contributed by atoms with van der Waals surface area (Å²) in [6.07, 6.45) is 3.91. The molecule has 0 aromatic heterocycles. The number of fused-ring (bicyclic) bond motifs is 1. The molecule has 0 spiro atoms. The molecule has 1 fully saturated rings. The molecule has 1 heterocycles. The van der Waals surface area contributed by atoms with Crippen molar-refractivity contribution in [2.45, 2.75) is 51.8 Å². The summed E-state index contributed by atoms with van der Waals surface area (Å²) in [5, 5.41) is 3.80. The largest absolute Gasteiger partial charge is 0.375 e. The van der Waals surface area contributed by atoms with Crippen molar-refractivity contribution in [3.63, 3.8) is 0 Å². The summed E-state index contributed by atoms with van der Waals surface area (Å²) in [5.74, 6) is 0. The first-order chi connectivity index (χ1) is 8.64. The van der Waals surface area contributed by atoms with Crippen LogP contribution in [0.2, 0.25) is 0 Å². The zero-order valence-electron chi connectivity index (χ0n) is 11.4. The van der Waals surface area contributed by atoms with Crippen LogP contribution in [-0.4, -0.2) is 12.6 Å². The van der Waals surface area contributed by atoms with Gasteiger partial charge in [-0.3, -0.25) is 0 Å². The number of hydrogen-bond acceptors (Lipinski definition) is 2. The molecular formula is C16H23NO. The van der Waals surface area contributed by atoms with Crippen molar-refractivity contribution >= 4 is 0 Å². The topological polar surface area (TPSA) is 21.3 Å². The molecule has 2 atom stereocenters. The summed E-state index contributed by atoms with van der Waals surface area (Å²) >= 11 is 0. The van der Waals surface area contributed by atoms with Gasteiger partial charge >= 0.3 is 0 Å². The van der Waals surface area contributed by atoms with E-state index in [1.165, 1.54) is 30.4 Å². The van der Waals surface area contributed by atoms with Crippen molar-refractivity contribution in [3.05, 3.63) is 35.4 Å². The smallest absolute Gasteiger partial charge is 0.0721 e. The first kappa shape index (κ1) is 12.2. The summed E-state index contributed by atoms with van der Waals surface area (Å²) in [6.45, 7) is 6.33. The molecule has 0 saturated heterocycles. The Morgan fingerprint density at radius 3 is 2.89 bits per heavy atom. The lowest BCUT2D eigenvalue weighted by Gasteiger charge is -2.29. The summed E-state index contributed by atoms with van der Waals surface area (Å²) in [6, 6.07) is 9.70. The Morgan fingerprint density at radius 1 is 1.28 bits per heavy atom. The number of rotatable bonds is 2. The maximum absolute atomic E-state index is 5.71. The minimum Gasteiger partial charge on any atom is -0.375 e. The van der Waals surface area contributed by atoms with Gasteiger partial charge in [-0.2, -0.15) is 0 Å². The zero-order valence-corrected chi connectivity index (χ0v) is 11.4. The van der Waals surface area contributed by atoms with Crippen molar-refractivity contribution in [1.29, 1.82) is 0 Å². The molecular weight excluding hydrogens is 222 g/mol. The van der Waals surface area contributed by atoms with Gasteiger partial charge in [0.1, 0.15) is 0 Å². The predicted molar refractivity (Wildman–Crippen MR) is 73.4 cm³/mol. The normalized spacial score (nSPS) is 30.1. The van der Waals surface area contributed by atoms with Gasteiger partial charge in [-0.25, -0.2) is 0 Å². The molecule has 18 heavy (non-hydrogen) atoms. The van der Waals surface area contributed by atoms with Crippen molar-refractivity contribution < 1.29 is 4.74 Å². The molecule has 1 aliphatic carbocycles. The Morgan fingerprint density at radius 2 is 2.11 bits per heavy atom. The highest BCUT2D eigenvalue weighted by atomic mass is 16.5. The molecule has 1 saturated carbocycles. The molecule has 1 aromatic rings. The fourth-order valence-corrected chi connectivity index (χ4v) is 3.38. The van der Waals surface area contributed by atoms with Crippen molar-refractivity contribution in [2.75, 3.05) is 6.61 Å². The van der Waals surface area contributed by atoms with E-state index in [-0.39, 0.29) is 0 Å². The second kappa shape index (κ2) is 4.67. The van der Waals surface area contributed by atoms with Crippen LogP contribution >= 0.6 is 0 Å². The van der Waals surface area contributed by atoms with Gasteiger partial charge < -0.3 is 10.1 Å². The Hall–Kier alpha value is -0.860. The molecule has 1 aromatic carbocycles. The maximum atomic E-state index is 5.71. The highest BCUT2D eigenvalue weighted by Crippen LogP contribution is 2.38. The molecule has 0 bridgehead atoms. The number of hydrogen-bond donors (Lipinski definition) is 1. The van der Waals surface area contributed by atoms with E-state index in [4.69, 9.17) is 4.74 Å². The van der Waals surface area contributed by atoms with Gasteiger partial charge in [-0.15, -0.1) is 0 Å². The highest BCUT2D eigenvalue weighted by Gasteiger charge is 2.33. The fraction of sp³-hybridized carbons (Fsp3) is 0.625. The Kier molecular flexibility index (Phi) is 3.16. The van der Waals surface area contributed by atoms with E-state index >= 15 is 0 Å². The third kappa shape index (κ3) is 2.45. The van der Waals surface area contributed by atoms with E-state index in [1.54, 1.807) is 0 Å². The van der Waals surface area contributed by atoms with E-state index < -0.39 is 0 Å². The zero-order chi connectivity index (χ0) is 12.6. The maximum Gasteiger partial charge on any atom is 0.0721 e. The molecule has 0 amide bonds. The molecule has 0 radical (unpaired) electrons. The second-order valence-electron chi connectivity index (χ2n) is 6.54. The van der Waals surface area contributed by atoms with Gasteiger partial charge in [0.05, 0.1) is 19.3 Å². The van der Waals surface area contributed by atoms with E-state index in [0.29, 0.717) is 17.5 Å². The molecule has 1 aliphatic heterocycles. The molecule has 2 heteroatoms. The minimum atomic E-state index is 0.383. The molecule has 2 aliphatic rings. The number of nitrogens with one attached hydrogen (secondary N) is 1. The summed E-state index contributed by atoms with van der Waals surface area (Å²) < 4.78 is 5.71. The van der Waals surface area contributed by atoms with Crippen LogP contribution in [0.3, 0.4) is 0 Å². The van der Waals surface area contributed by atoms with Crippen LogP contribution in [-0.2, 0) is 11.3 Å².